The van der Waals surface area contributed by atoms with Crippen molar-refractivity contribution < 1.29 is 13.2 Å². The van der Waals surface area contributed by atoms with E-state index in [1.54, 1.807) is 32.2 Å². The van der Waals surface area contributed by atoms with Gasteiger partial charge in [-0.25, -0.2) is 8.42 Å². The summed E-state index contributed by atoms with van der Waals surface area (Å²) in [6.07, 6.45) is 0.869. The predicted molar refractivity (Wildman–Crippen MR) is 73.7 cm³/mol. The molecule has 1 N–H and O–H groups in total. The van der Waals surface area contributed by atoms with Gasteiger partial charge >= 0.3 is 0 Å². The summed E-state index contributed by atoms with van der Waals surface area (Å²) >= 11 is 0. The largest absolute Gasteiger partial charge is 0.383 e. The quantitative estimate of drug-likeness (QED) is 0.827. The molecule has 0 saturated carbocycles. The summed E-state index contributed by atoms with van der Waals surface area (Å²) in [7, 11) is -1.56. The van der Waals surface area contributed by atoms with Crippen molar-refractivity contribution >= 4 is 15.5 Å². The third-order valence-corrected chi connectivity index (χ3v) is 4.61. The summed E-state index contributed by atoms with van der Waals surface area (Å²) in [5.74, 6) is 0.104. The SMILES string of the molecule is CCC(COC)Nc1ccccc1S(=O)(=O)CC. The summed E-state index contributed by atoms with van der Waals surface area (Å²) in [4.78, 5) is 0.363. The second-order valence-electron chi connectivity index (χ2n) is 4.10. The van der Waals surface area contributed by atoms with Gasteiger partial charge in [-0.3, -0.25) is 0 Å². The van der Waals surface area contributed by atoms with Gasteiger partial charge in [0.15, 0.2) is 9.84 Å². The lowest BCUT2D eigenvalue weighted by Crippen LogP contribution is -2.25. The molecule has 0 amide bonds. The standard InChI is InChI=1S/C13H21NO3S/c1-4-11(10-17-3)14-12-8-6-7-9-13(12)18(15,16)5-2/h6-9,11,14H,4-5,10H2,1-3H3. The smallest absolute Gasteiger partial charge is 0.180 e. The molecule has 0 bridgehead atoms. The Morgan fingerprint density at radius 1 is 1.28 bits per heavy atom. The van der Waals surface area contributed by atoms with Crippen molar-refractivity contribution in [1.82, 2.24) is 0 Å². The first-order valence-corrected chi connectivity index (χ1v) is 7.77. The van der Waals surface area contributed by atoms with Gasteiger partial charge in [0.25, 0.3) is 0 Å². The van der Waals surface area contributed by atoms with Crippen LogP contribution < -0.4 is 5.32 Å². The molecule has 1 aromatic rings. The van der Waals surface area contributed by atoms with Crippen LogP contribution in [0.1, 0.15) is 20.3 Å². The highest BCUT2D eigenvalue weighted by atomic mass is 32.2. The number of sulfone groups is 1. The first kappa shape index (κ1) is 15.0. The highest BCUT2D eigenvalue weighted by Crippen LogP contribution is 2.23. The number of hydrogen-bond acceptors (Lipinski definition) is 4. The van der Waals surface area contributed by atoms with Crippen LogP contribution in [0.2, 0.25) is 0 Å². The third-order valence-electron chi connectivity index (χ3n) is 2.82. The molecule has 102 valence electrons. The average Bonchev–Trinajstić information content (AvgIpc) is 2.38. The Kier molecular flexibility index (Phi) is 5.62. The molecule has 0 aliphatic rings. The lowest BCUT2D eigenvalue weighted by Gasteiger charge is -2.19. The minimum atomic E-state index is -3.20. The van der Waals surface area contributed by atoms with Gasteiger partial charge in [0.05, 0.1) is 22.9 Å². The van der Waals surface area contributed by atoms with E-state index < -0.39 is 9.84 Å². The second kappa shape index (κ2) is 6.75. The minimum absolute atomic E-state index is 0.104. The molecule has 0 heterocycles. The number of rotatable bonds is 7. The minimum Gasteiger partial charge on any atom is -0.383 e. The van der Waals surface area contributed by atoms with Crippen LogP contribution in [0.3, 0.4) is 0 Å². The molecule has 0 aliphatic carbocycles. The highest BCUT2D eigenvalue weighted by molar-refractivity contribution is 7.91. The van der Waals surface area contributed by atoms with E-state index in [9.17, 15) is 8.42 Å². The van der Waals surface area contributed by atoms with E-state index in [-0.39, 0.29) is 11.8 Å². The second-order valence-corrected chi connectivity index (χ2v) is 6.35. The van der Waals surface area contributed by atoms with Gasteiger partial charge in [0.2, 0.25) is 0 Å². The number of methoxy groups -OCH3 is 1. The molecular weight excluding hydrogens is 250 g/mol. The van der Waals surface area contributed by atoms with Gasteiger partial charge in [-0.1, -0.05) is 26.0 Å². The lowest BCUT2D eigenvalue weighted by molar-refractivity contribution is 0.184. The Bertz CT molecular complexity index is 471. The molecule has 0 radical (unpaired) electrons. The van der Waals surface area contributed by atoms with Gasteiger partial charge in [-0.2, -0.15) is 0 Å². The van der Waals surface area contributed by atoms with Gasteiger partial charge in [0.1, 0.15) is 0 Å². The van der Waals surface area contributed by atoms with E-state index in [0.717, 1.165) is 6.42 Å². The third kappa shape index (κ3) is 3.71. The van der Waals surface area contributed by atoms with Crippen LogP contribution in [0.5, 0.6) is 0 Å². The highest BCUT2D eigenvalue weighted by Gasteiger charge is 2.17. The zero-order valence-electron chi connectivity index (χ0n) is 11.1. The molecule has 0 spiro atoms. The molecular formula is C13H21NO3S. The Morgan fingerprint density at radius 2 is 1.94 bits per heavy atom. The Balaban J connectivity index is 3.03. The summed E-state index contributed by atoms with van der Waals surface area (Å²) in [5.41, 5.74) is 0.656. The van der Waals surface area contributed by atoms with Crippen molar-refractivity contribution in [2.45, 2.75) is 31.2 Å². The maximum absolute atomic E-state index is 12.0. The monoisotopic (exact) mass is 271 g/mol. The maximum atomic E-state index is 12.0. The predicted octanol–water partition coefficient (Wildman–Crippen LogP) is 2.32. The first-order chi connectivity index (χ1) is 8.55. The number of nitrogens with one attached hydrogen (secondary N) is 1. The molecule has 4 nitrogen and oxygen atoms in total. The van der Waals surface area contributed by atoms with Crippen LogP contribution in [0.15, 0.2) is 29.2 Å². The van der Waals surface area contributed by atoms with E-state index in [2.05, 4.69) is 5.32 Å². The lowest BCUT2D eigenvalue weighted by atomic mass is 10.2. The van der Waals surface area contributed by atoms with Crippen LogP contribution in [0, 0.1) is 0 Å². The topological polar surface area (TPSA) is 55.4 Å². The summed E-state index contributed by atoms with van der Waals surface area (Å²) in [5, 5.41) is 3.23. The molecule has 1 atom stereocenters. The van der Waals surface area contributed by atoms with Crippen molar-refractivity contribution in [2.24, 2.45) is 0 Å². The average molecular weight is 271 g/mol. The Labute approximate surface area is 109 Å². The number of para-hydroxylation sites is 1. The number of anilines is 1. The van der Waals surface area contributed by atoms with E-state index >= 15 is 0 Å². The van der Waals surface area contributed by atoms with Crippen LogP contribution in [-0.2, 0) is 14.6 Å². The van der Waals surface area contributed by atoms with Crippen molar-refractivity contribution in [2.75, 3.05) is 24.8 Å². The van der Waals surface area contributed by atoms with Gasteiger partial charge in [0, 0.05) is 13.2 Å². The Hall–Kier alpha value is -1.07. The van der Waals surface area contributed by atoms with E-state index in [1.165, 1.54) is 0 Å². The van der Waals surface area contributed by atoms with Gasteiger partial charge < -0.3 is 10.1 Å². The van der Waals surface area contributed by atoms with Gasteiger partial charge in [-0.05, 0) is 18.6 Å². The molecule has 1 rings (SSSR count). The van der Waals surface area contributed by atoms with Crippen molar-refractivity contribution in [3.8, 4) is 0 Å². The van der Waals surface area contributed by atoms with Crippen molar-refractivity contribution in [3.63, 3.8) is 0 Å². The number of hydrogen-bond donors (Lipinski definition) is 1. The zero-order chi connectivity index (χ0) is 13.6. The first-order valence-electron chi connectivity index (χ1n) is 6.12. The fourth-order valence-corrected chi connectivity index (χ4v) is 2.75. The molecule has 0 fully saturated rings. The number of benzene rings is 1. The number of ether oxygens (including phenoxy) is 1. The van der Waals surface area contributed by atoms with Crippen LogP contribution in [0.25, 0.3) is 0 Å². The molecule has 1 aromatic carbocycles. The Morgan fingerprint density at radius 3 is 2.50 bits per heavy atom. The molecule has 18 heavy (non-hydrogen) atoms. The molecule has 0 aromatic heterocycles. The van der Waals surface area contributed by atoms with E-state index in [1.807, 2.05) is 13.0 Å². The maximum Gasteiger partial charge on any atom is 0.180 e. The summed E-state index contributed by atoms with van der Waals surface area (Å²) < 4.78 is 29.1. The molecule has 0 saturated heterocycles. The fourth-order valence-electron chi connectivity index (χ4n) is 1.70. The summed E-state index contributed by atoms with van der Waals surface area (Å²) in [6.45, 7) is 4.24. The molecule has 1 unspecified atom stereocenters. The van der Waals surface area contributed by atoms with E-state index in [0.29, 0.717) is 17.2 Å². The zero-order valence-corrected chi connectivity index (χ0v) is 12.0. The van der Waals surface area contributed by atoms with Crippen LogP contribution >= 0.6 is 0 Å². The molecule has 5 heteroatoms. The summed E-state index contributed by atoms with van der Waals surface area (Å²) in [6, 6.07) is 7.12. The fraction of sp³-hybridized carbons (Fsp3) is 0.538. The normalized spacial score (nSPS) is 13.3. The van der Waals surface area contributed by atoms with Crippen LogP contribution in [0.4, 0.5) is 5.69 Å². The van der Waals surface area contributed by atoms with E-state index in [4.69, 9.17) is 4.74 Å². The van der Waals surface area contributed by atoms with Crippen molar-refractivity contribution in [3.05, 3.63) is 24.3 Å². The van der Waals surface area contributed by atoms with Gasteiger partial charge in [-0.15, -0.1) is 0 Å². The van der Waals surface area contributed by atoms with Crippen LogP contribution in [-0.4, -0.2) is 33.9 Å². The molecule has 0 aliphatic heterocycles. The van der Waals surface area contributed by atoms with Crippen molar-refractivity contribution in [1.29, 1.82) is 0 Å².